The van der Waals surface area contributed by atoms with Crippen molar-refractivity contribution in [3.63, 3.8) is 0 Å². The van der Waals surface area contributed by atoms with Crippen molar-refractivity contribution in [2.75, 3.05) is 24.7 Å². The van der Waals surface area contributed by atoms with Crippen LogP contribution in [0, 0.1) is 0 Å². The van der Waals surface area contributed by atoms with Crippen molar-refractivity contribution in [3.05, 3.63) is 0 Å². The number of hydrogen-bond donors (Lipinski definition) is 2. The zero-order chi connectivity index (χ0) is 15.0. The van der Waals surface area contributed by atoms with Crippen LogP contribution in [0.1, 0.15) is 19.3 Å². The van der Waals surface area contributed by atoms with Crippen LogP contribution in [0.25, 0.3) is 0 Å². The van der Waals surface area contributed by atoms with Crippen LogP contribution >= 0.6 is 0 Å². The third-order valence-corrected chi connectivity index (χ3v) is 7.66. The number of carboxylic acid groups (broad SMARTS) is 1. The summed E-state index contributed by atoms with van der Waals surface area (Å²) in [6.07, 6.45) is 0.0614. The van der Waals surface area contributed by atoms with Gasteiger partial charge in [0.1, 0.15) is 5.54 Å². The van der Waals surface area contributed by atoms with Gasteiger partial charge in [0.2, 0.25) is 10.0 Å². The molecule has 20 heavy (non-hydrogen) atoms. The third-order valence-electron chi connectivity index (χ3n) is 3.72. The lowest BCUT2D eigenvalue weighted by atomic mass is 9.92. The summed E-state index contributed by atoms with van der Waals surface area (Å²) in [6, 6.07) is 0. The van der Waals surface area contributed by atoms with E-state index in [2.05, 4.69) is 4.72 Å². The molecule has 0 bridgehead atoms. The first-order valence-corrected chi connectivity index (χ1v) is 9.58. The van der Waals surface area contributed by atoms with Crippen molar-refractivity contribution in [3.8, 4) is 0 Å². The Labute approximate surface area is 117 Å². The molecule has 2 aliphatic rings. The van der Waals surface area contributed by atoms with Crippen LogP contribution in [0.2, 0.25) is 0 Å². The molecule has 1 atom stereocenters. The average Bonchev–Trinajstić information content (AvgIpc) is 2.71. The summed E-state index contributed by atoms with van der Waals surface area (Å²) in [5.41, 5.74) is -1.59. The molecule has 0 saturated carbocycles. The number of ether oxygens (including phenoxy) is 1. The van der Waals surface area contributed by atoms with Gasteiger partial charge in [0.15, 0.2) is 9.84 Å². The van der Waals surface area contributed by atoms with E-state index in [9.17, 15) is 26.7 Å². The van der Waals surface area contributed by atoms with Gasteiger partial charge in [-0.05, 0) is 6.42 Å². The molecule has 0 amide bonds. The maximum absolute atomic E-state index is 12.2. The minimum absolute atomic E-state index is 0.00384. The fourth-order valence-electron chi connectivity index (χ4n) is 2.44. The van der Waals surface area contributed by atoms with Crippen molar-refractivity contribution in [1.82, 2.24) is 4.72 Å². The van der Waals surface area contributed by atoms with E-state index < -0.39 is 42.4 Å². The Balaban J connectivity index is 2.20. The monoisotopic (exact) mass is 327 g/mol. The molecule has 2 heterocycles. The van der Waals surface area contributed by atoms with Gasteiger partial charge in [0.25, 0.3) is 0 Å². The van der Waals surface area contributed by atoms with Gasteiger partial charge in [-0.1, -0.05) is 0 Å². The molecular formula is C10H17NO7S2. The number of sulfonamides is 1. The number of rotatable bonds is 4. The molecule has 0 aromatic rings. The highest BCUT2D eigenvalue weighted by molar-refractivity contribution is 7.95. The number of hydrogen-bond acceptors (Lipinski definition) is 6. The molecule has 8 nitrogen and oxygen atoms in total. The van der Waals surface area contributed by atoms with Crippen LogP contribution < -0.4 is 4.72 Å². The molecule has 0 radical (unpaired) electrons. The van der Waals surface area contributed by atoms with Crippen LogP contribution in [-0.2, 0) is 29.4 Å². The Bertz CT molecular complexity index is 589. The SMILES string of the molecule is O=C(O)C1(NS(=O)(=O)C2CCS(=O)(=O)C2)CCOCC1. The Morgan fingerprint density at radius 1 is 1.30 bits per heavy atom. The lowest BCUT2D eigenvalue weighted by Crippen LogP contribution is -2.59. The lowest BCUT2D eigenvalue weighted by Gasteiger charge is -2.34. The normalized spacial score (nSPS) is 29.1. The molecule has 0 aromatic heterocycles. The molecule has 2 saturated heterocycles. The van der Waals surface area contributed by atoms with Gasteiger partial charge < -0.3 is 9.84 Å². The van der Waals surface area contributed by atoms with Crippen LogP contribution in [0.3, 0.4) is 0 Å². The van der Waals surface area contributed by atoms with Crippen molar-refractivity contribution >= 4 is 25.8 Å². The molecule has 116 valence electrons. The van der Waals surface area contributed by atoms with E-state index in [0.29, 0.717) is 0 Å². The van der Waals surface area contributed by atoms with Crippen LogP contribution in [0.4, 0.5) is 0 Å². The van der Waals surface area contributed by atoms with E-state index in [4.69, 9.17) is 4.74 Å². The standard InChI is InChI=1S/C10H17NO7S2/c12-9(13)10(2-4-18-5-3-10)11-20(16,17)8-1-6-19(14,15)7-8/h8,11H,1-7H2,(H,12,13). The van der Waals surface area contributed by atoms with Crippen LogP contribution in [0.15, 0.2) is 0 Å². The molecule has 1 unspecified atom stereocenters. The Kier molecular flexibility index (Phi) is 4.11. The maximum Gasteiger partial charge on any atom is 0.325 e. The van der Waals surface area contributed by atoms with Gasteiger partial charge in [0, 0.05) is 26.1 Å². The van der Waals surface area contributed by atoms with Crippen molar-refractivity contribution in [2.24, 2.45) is 0 Å². The number of sulfone groups is 1. The topological polar surface area (TPSA) is 127 Å². The van der Waals surface area contributed by atoms with E-state index in [-0.39, 0.29) is 38.2 Å². The summed E-state index contributed by atoms with van der Waals surface area (Å²) in [7, 11) is -7.35. The van der Waals surface area contributed by atoms with Crippen LogP contribution in [0.5, 0.6) is 0 Å². The predicted molar refractivity (Wildman–Crippen MR) is 69.5 cm³/mol. The summed E-state index contributed by atoms with van der Waals surface area (Å²) in [5, 5.41) is 8.22. The third kappa shape index (κ3) is 3.13. The molecule has 10 heteroatoms. The Morgan fingerprint density at radius 3 is 2.35 bits per heavy atom. The quantitative estimate of drug-likeness (QED) is 0.659. The minimum Gasteiger partial charge on any atom is -0.480 e. The van der Waals surface area contributed by atoms with E-state index in [1.54, 1.807) is 0 Å². The first-order chi connectivity index (χ1) is 9.17. The average molecular weight is 327 g/mol. The fourth-order valence-corrected chi connectivity index (χ4v) is 6.90. The van der Waals surface area contributed by atoms with Crippen molar-refractivity contribution < 1.29 is 31.5 Å². The summed E-state index contributed by atoms with van der Waals surface area (Å²) in [6.45, 7) is 0.301. The largest absolute Gasteiger partial charge is 0.480 e. The molecule has 0 spiro atoms. The van der Waals surface area contributed by atoms with Crippen LogP contribution in [-0.4, -0.2) is 63.4 Å². The summed E-state index contributed by atoms with van der Waals surface area (Å²) in [5.74, 6) is -1.89. The molecule has 2 aliphatic heterocycles. The maximum atomic E-state index is 12.2. The molecule has 0 aliphatic carbocycles. The summed E-state index contributed by atoms with van der Waals surface area (Å²) in [4.78, 5) is 11.4. The number of carboxylic acids is 1. The van der Waals surface area contributed by atoms with Crippen molar-refractivity contribution in [2.45, 2.75) is 30.1 Å². The first-order valence-electron chi connectivity index (χ1n) is 6.21. The Morgan fingerprint density at radius 2 is 1.90 bits per heavy atom. The molecule has 0 aromatic carbocycles. The lowest BCUT2D eigenvalue weighted by molar-refractivity contribution is -0.147. The highest BCUT2D eigenvalue weighted by Crippen LogP contribution is 2.25. The highest BCUT2D eigenvalue weighted by atomic mass is 32.2. The van der Waals surface area contributed by atoms with E-state index in [1.165, 1.54) is 0 Å². The Hall–Kier alpha value is -0.710. The second-order valence-electron chi connectivity index (χ2n) is 5.17. The van der Waals surface area contributed by atoms with Gasteiger partial charge in [-0.15, -0.1) is 0 Å². The van der Waals surface area contributed by atoms with Gasteiger partial charge in [-0.25, -0.2) is 16.8 Å². The van der Waals surface area contributed by atoms with Crippen molar-refractivity contribution in [1.29, 1.82) is 0 Å². The van der Waals surface area contributed by atoms with Gasteiger partial charge in [-0.2, -0.15) is 4.72 Å². The van der Waals surface area contributed by atoms with Gasteiger partial charge in [0.05, 0.1) is 16.8 Å². The molecule has 2 rings (SSSR count). The second kappa shape index (κ2) is 5.24. The minimum atomic E-state index is -4.00. The number of nitrogens with one attached hydrogen (secondary N) is 1. The molecule has 2 fully saturated rings. The molecular weight excluding hydrogens is 310 g/mol. The smallest absolute Gasteiger partial charge is 0.325 e. The highest BCUT2D eigenvalue weighted by Gasteiger charge is 2.47. The van der Waals surface area contributed by atoms with Gasteiger partial charge in [-0.3, -0.25) is 4.79 Å². The zero-order valence-corrected chi connectivity index (χ0v) is 12.4. The fraction of sp³-hybridized carbons (Fsp3) is 0.900. The van der Waals surface area contributed by atoms with E-state index in [1.807, 2.05) is 0 Å². The summed E-state index contributed by atoms with van der Waals surface area (Å²) >= 11 is 0. The second-order valence-corrected chi connectivity index (χ2v) is 9.36. The predicted octanol–water partition coefficient (Wildman–Crippen LogP) is -1.27. The number of aliphatic carboxylic acids is 1. The van der Waals surface area contributed by atoms with E-state index >= 15 is 0 Å². The summed E-state index contributed by atoms with van der Waals surface area (Å²) < 4.78 is 54.4. The number of carbonyl (C=O) groups is 1. The zero-order valence-electron chi connectivity index (χ0n) is 10.7. The molecule has 2 N–H and O–H groups in total. The van der Waals surface area contributed by atoms with Gasteiger partial charge >= 0.3 is 5.97 Å². The first kappa shape index (κ1) is 15.7. The van der Waals surface area contributed by atoms with E-state index in [0.717, 1.165) is 0 Å².